The van der Waals surface area contributed by atoms with E-state index in [9.17, 15) is 23.2 Å². The number of nitrogens with two attached hydrogens (primary N) is 1. The fourth-order valence-corrected chi connectivity index (χ4v) is 3.61. The molecule has 2 atom stereocenters. The Morgan fingerprint density at radius 2 is 1.80 bits per heavy atom. The average Bonchev–Trinajstić information content (AvgIpc) is 2.80. The van der Waals surface area contributed by atoms with E-state index in [-0.39, 0.29) is 19.4 Å². The summed E-state index contributed by atoms with van der Waals surface area (Å²) < 4.78 is 33.1. The Labute approximate surface area is 143 Å². The summed E-state index contributed by atoms with van der Waals surface area (Å²) in [5.74, 6) is -2.49. The van der Waals surface area contributed by atoms with Gasteiger partial charge in [-0.1, -0.05) is 6.42 Å². The van der Waals surface area contributed by atoms with Gasteiger partial charge in [-0.2, -0.15) is 18.7 Å². The second-order valence-corrected chi connectivity index (χ2v) is 6.68. The highest BCUT2D eigenvalue weighted by atomic mass is 19.3. The summed E-state index contributed by atoms with van der Waals surface area (Å²) in [7, 11) is 0. The zero-order valence-electron chi connectivity index (χ0n) is 13.7. The highest BCUT2D eigenvalue weighted by Crippen LogP contribution is 2.33. The predicted molar refractivity (Wildman–Crippen MR) is 78.9 cm³/mol. The van der Waals surface area contributed by atoms with Gasteiger partial charge in [0.25, 0.3) is 0 Å². The summed E-state index contributed by atoms with van der Waals surface area (Å²) in [5.41, 5.74) is 5.22. The van der Waals surface area contributed by atoms with E-state index in [0.717, 1.165) is 24.2 Å². The number of ether oxygens (including phenoxy) is 1. The predicted octanol–water partition coefficient (Wildman–Crippen LogP) is 1.14. The van der Waals surface area contributed by atoms with Gasteiger partial charge in [0.2, 0.25) is 5.91 Å². The summed E-state index contributed by atoms with van der Waals surface area (Å²) in [5, 5.41) is 0.477. The molecule has 8 nitrogen and oxygen atoms in total. The number of urea groups is 1. The number of carbonyl (C=O) groups excluding carboxylic acids is 3. The van der Waals surface area contributed by atoms with Gasteiger partial charge in [0, 0.05) is 6.54 Å². The lowest BCUT2D eigenvalue weighted by atomic mass is 9.98. The molecule has 10 heteroatoms. The van der Waals surface area contributed by atoms with Gasteiger partial charge in [-0.3, -0.25) is 4.79 Å². The highest BCUT2D eigenvalue weighted by molar-refractivity contribution is 5.87. The van der Waals surface area contributed by atoms with Crippen LogP contribution in [-0.2, 0) is 19.2 Å². The molecule has 3 rings (SSSR count). The maximum atomic E-state index is 14.1. The van der Waals surface area contributed by atoms with Crippen LogP contribution >= 0.6 is 0 Å². The van der Waals surface area contributed by atoms with Crippen LogP contribution in [0.5, 0.6) is 0 Å². The van der Waals surface area contributed by atoms with E-state index in [1.165, 1.54) is 0 Å². The lowest BCUT2D eigenvalue weighted by Crippen LogP contribution is -2.48. The molecular weight excluding hydrogens is 340 g/mol. The molecule has 2 heterocycles. The summed E-state index contributed by atoms with van der Waals surface area (Å²) >= 11 is 0. The molecular formula is C15H21F2N3O5. The van der Waals surface area contributed by atoms with E-state index < -0.39 is 42.2 Å². The molecule has 0 unspecified atom stereocenters. The van der Waals surface area contributed by atoms with Crippen molar-refractivity contribution in [2.75, 3.05) is 6.54 Å². The summed E-state index contributed by atoms with van der Waals surface area (Å²) in [6.07, 6.45) is -0.556. The SMILES string of the molecule is NC(=O)[C@@H]1CC[C@@H]2CN1C(=O)N2OC(F)(F)C(=O)OC1CCCCC1. The van der Waals surface area contributed by atoms with Crippen molar-refractivity contribution >= 4 is 17.9 Å². The number of carbonyl (C=O) groups is 3. The third kappa shape index (κ3) is 3.53. The number of alkyl halides is 2. The molecule has 0 aromatic carbocycles. The molecule has 2 aliphatic heterocycles. The zero-order valence-corrected chi connectivity index (χ0v) is 13.7. The first-order chi connectivity index (χ1) is 11.8. The van der Waals surface area contributed by atoms with E-state index in [4.69, 9.17) is 10.5 Å². The monoisotopic (exact) mass is 361 g/mol. The Hall–Kier alpha value is -1.97. The normalized spacial score (nSPS) is 27.5. The molecule has 0 aromatic heterocycles. The Balaban J connectivity index is 1.63. The second-order valence-electron chi connectivity index (χ2n) is 6.68. The first kappa shape index (κ1) is 17.8. The Kier molecular flexibility index (Phi) is 4.81. The van der Waals surface area contributed by atoms with Crippen LogP contribution in [0.4, 0.5) is 13.6 Å². The van der Waals surface area contributed by atoms with Gasteiger partial charge in [-0.15, -0.1) is 0 Å². The topological polar surface area (TPSA) is 102 Å². The largest absolute Gasteiger partial charge is 0.477 e. The second kappa shape index (κ2) is 6.74. The lowest BCUT2D eigenvalue weighted by molar-refractivity contribution is -0.331. The van der Waals surface area contributed by atoms with E-state index in [0.29, 0.717) is 17.9 Å². The first-order valence-electron chi connectivity index (χ1n) is 8.47. The maximum absolute atomic E-state index is 14.1. The number of hydrogen-bond donors (Lipinski definition) is 1. The molecule has 3 amide bonds. The molecule has 140 valence electrons. The van der Waals surface area contributed by atoms with Crippen molar-refractivity contribution in [3.05, 3.63) is 0 Å². The van der Waals surface area contributed by atoms with Crippen LogP contribution in [-0.4, -0.2) is 58.7 Å². The van der Waals surface area contributed by atoms with E-state index in [2.05, 4.69) is 4.84 Å². The van der Waals surface area contributed by atoms with E-state index >= 15 is 0 Å². The summed E-state index contributed by atoms with van der Waals surface area (Å²) in [6, 6.07) is -2.40. The first-order valence-corrected chi connectivity index (χ1v) is 8.47. The van der Waals surface area contributed by atoms with Gasteiger partial charge < -0.3 is 15.4 Å². The summed E-state index contributed by atoms with van der Waals surface area (Å²) in [6.45, 7) is 0.0557. The van der Waals surface area contributed by atoms with Crippen molar-refractivity contribution in [2.45, 2.75) is 69.2 Å². The van der Waals surface area contributed by atoms with Gasteiger partial charge in [-0.25, -0.2) is 9.59 Å². The Morgan fingerprint density at radius 1 is 1.12 bits per heavy atom. The fraction of sp³-hybridized carbons (Fsp3) is 0.800. The minimum absolute atomic E-state index is 0.0557. The molecule has 3 aliphatic rings. The number of fused-ring (bicyclic) bond motifs is 2. The number of halogens is 2. The van der Waals surface area contributed by atoms with Crippen molar-refractivity contribution < 1.29 is 32.7 Å². The molecule has 3 fully saturated rings. The van der Waals surface area contributed by atoms with E-state index in [1.807, 2.05) is 0 Å². The standard InChI is InChI=1S/C15H21F2N3O5/c16-15(17,13(22)24-10-4-2-1-3-5-10)25-20-9-6-7-11(12(18)21)19(8-9)14(20)23/h9-11H,1-8H2,(H2,18,21)/t9-,11+/m1/s1. The smallest absolute Gasteiger partial charge is 0.456 e. The number of esters is 1. The van der Waals surface area contributed by atoms with Gasteiger partial charge in [0.1, 0.15) is 12.1 Å². The molecule has 0 spiro atoms. The van der Waals surface area contributed by atoms with Gasteiger partial charge in [0.05, 0.1) is 6.04 Å². The molecule has 2 saturated heterocycles. The minimum atomic E-state index is -4.27. The number of nitrogens with zero attached hydrogens (tertiary/aromatic N) is 2. The number of amides is 3. The highest BCUT2D eigenvalue weighted by Gasteiger charge is 2.54. The maximum Gasteiger partial charge on any atom is 0.477 e. The van der Waals surface area contributed by atoms with Crippen LogP contribution in [0, 0.1) is 0 Å². The minimum Gasteiger partial charge on any atom is -0.456 e. The van der Waals surface area contributed by atoms with Crippen molar-refractivity contribution in [2.24, 2.45) is 5.73 Å². The number of hydrogen-bond acceptors (Lipinski definition) is 5. The number of rotatable bonds is 5. The van der Waals surface area contributed by atoms with E-state index in [1.54, 1.807) is 0 Å². The van der Waals surface area contributed by atoms with Crippen LogP contribution in [0.25, 0.3) is 0 Å². The van der Waals surface area contributed by atoms with Crippen LogP contribution < -0.4 is 5.73 Å². The van der Waals surface area contributed by atoms with Gasteiger partial charge >= 0.3 is 18.1 Å². The van der Waals surface area contributed by atoms with Crippen LogP contribution in [0.3, 0.4) is 0 Å². The Bertz CT molecular complexity index is 567. The molecule has 2 bridgehead atoms. The number of piperidine rings is 1. The average molecular weight is 361 g/mol. The van der Waals surface area contributed by atoms with Crippen LogP contribution in [0.1, 0.15) is 44.9 Å². The molecule has 2 N–H and O–H groups in total. The van der Waals surface area contributed by atoms with Crippen molar-refractivity contribution in [3.63, 3.8) is 0 Å². The van der Waals surface area contributed by atoms with Crippen LogP contribution in [0.2, 0.25) is 0 Å². The van der Waals surface area contributed by atoms with Crippen molar-refractivity contribution in [1.82, 2.24) is 9.96 Å². The van der Waals surface area contributed by atoms with Crippen molar-refractivity contribution in [3.8, 4) is 0 Å². The number of hydroxylamine groups is 2. The molecule has 1 saturated carbocycles. The van der Waals surface area contributed by atoms with Gasteiger partial charge in [0.15, 0.2) is 0 Å². The molecule has 25 heavy (non-hydrogen) atoms. The third-order valence-corrected chi connectivity index (χ3v) is 4.93. The summed E-state index contributed by atoms with van der Waals surface area (Å²) in [4.78, 5) is 40.9. The number of primary amides is 1. The fourth-order valence-electron chi connectivity index (χ4n) is 3.61. The molecule has 0 aromatic rings. The van der Waals surface area contributed by atoms with Gasteiger partial charge in [-0.05, 0) is 38.5 Å². The third-order valence-electron chi connectivity index (χ3n) is 4.93. The molecule has 0 radical (unpaired) electrons. The lowest BCUT2D eigenvalue weighted by Gasteiger charge is -2.28. The van der Waals surface area contributed by atoms with Crippen molar-refractivity contribution in [1.29, 1.82) is 0 Å². The Morgan fingerprint density at radius 3 is 2.44 bits per heavy atom. The quantitative estimate of drug-likeness (QED) is 0.740. The zero-order chi connectivity index (χ0) is 18.2. The molecule has 1 aliphatic carbocycles. The van der Waals surface area contributed by atoms with Crippen LogP contribution in [0.15, 0.2) is 0 Å².